The second-order valence-electron chi connectivity index (χ2n) is 5.15. The van der Waals surface area contributed by atoms with Crippen molar-refractivity contribution < 1.29 is 4.74 Å². The number of aromatic nitrogens is 1. The highest BCUT2D eigenvalue weighted by Gasteiger charge is 2.08. The summed E-state index contributed by atoms with van der Waals surface area (Å²) in [5.41, 5.74) is 0.993. The predicted octanol–water partition coefficient (Wildman–Crippen LogP) is 1.91. The summed E-state index contributed by atoms with van der Waals surface area (Å²) in [5.74, 6) is 0.913. The van der Waals surface area contributed by atoms with Crippen molar-refractivity contribution in [2.24, 2.45) is 0 Å². The topological polar surface area (TPSA) is 37.4 Å². The minimum atomic E-state index is 0.766. The van der Waals surface area contributed by atoms with Gasteiger partial charge in [0.2, 0.25) is 0 Å². The summed E-state index contributed by atoms with van der Waals surface area (Å²) in [4.78, 5) is 6.84. The monoisotopic (exact) mass is 271 g/mol. The van der Waals surface area contributed by atoms with Gasteiger partial charge in [-0.3, -0.25) is 4.98 Å². The molecule has 3 rings (SSSR count). The van der Waals surface area contributed by atoms with Gasteiger partial charge in [-0.2, -0.15) is 0 Å². The van der Waals surface area contributed by atoms with Crippen LogP contribution >= 0.6 is 0 Å². The minimum absolute atomic E-state index is 0.766. The lowest BCUT2D eigenvalue weighted by Gasteiger charge is -2.26. The molecule has 106 valence electrons. The van der Waals surface area contributed by atoms with Crippen LogP contribution in [-0.2, 0) is 0 Å². The molecule has 0 saturated carbocycles. The van der Waals surface area contributed by atoms with Crippen molar-refractivity contribution in [3.05, 3.63) is 36.5 Å². The van der Waals surface area contributed by atoms with Crippen LogP contribution in [0.5, 0.6) is 5.75 Å². The van der Waals surface area contributed by atoms with Crippen molar-refractivity contribution in [1.82, 2.24) is 15.2 Å². The maximum absolute atomic E-state index is 5.82. The quantitative estimate of drug-likeness (QED) is 0.843. The molecule has 0 aliphatic carbocycles. The Labute approximate surface area is 119 Å². The van der Waals surface area contributed by atoms with Crippen LogP contribution in [0.25, 0.3) is 10.9 Å². The van der Waals surface area contributed by atoms with E-state index in [1.807, 2.05) is 24.4 Å². The Kier molecular flexibility index (Phi) is 4.46. The fourth-order valence-corrected chi connectivity index (χ4v) is 2.55. The van der Waals surface area contributed by atoms with Gasteiger partial charge in [0.25, 0.3) is 0 Å². The summed E-state index contributed by atoms with van der Waals surface area (Å²) in [6, 6.07) is 10.1. The first-order valence-electron chi connectivity index (χ1n) is 7.32. The zero-order chi connectivity index (χ0) is 13.6. The lowest BCUT2D eigenvalue weighted by atomic mass is 10.2. The molecule has 4 nitrogen and oxygen atoms in total. The third-order valence-electron chi connectivity index (χ3n) is 3.67. The molecule has 0 bridgehead atoms. The molecule has 0 amide bonds. The van der Waals surface area contributed by atoms with Crippen LogP contribution < -0.4 is 10.1 Å². The van der Waals surface area contributed by atoms with Gasteiger partial charge in [-0.15, -0.1) is 0 Å². The second kappa shape index (κ2) is 6.68. The van der Waals surface area contributed by atoms with E-state index in [0.29, 0.717) is 0 Å². The molecule has 4 heteroatoms. The Balaban J connectivity index is 1.47. The SMILES string of the molecule is c1cnc2cc(OCCCN3CCNCC3)ccc2c1. The highest BCUT2D eigenvalue weighted by Crippen LogP contribution is 2.18. The van der Waals surface area contributed by atoms with Gasteiger partial charge < -0.3 is 15.0 Å². The normalized spacial score (nSPS) is 16.4. The number of rotatable bonds is 5. The van der Waals surface area contributed by atoms with Gasteiger partial charge in [-0.1, -0.05) is 6.07 Å². The van der Waals surface area contributed by atoms with E-state index in [0.717, 1.165) is 62.4 Å². The molecule has 2 aromatic rings. The lowest BCUT2D eigenvalue weighted by Crippen LogP contribution is -2.43. The lowest BCUT2D eigenvalue weighted by molar-refractivity contribution is 0.214. The van der Waals surface area contributed by atoms with E-state index in [1.54, 1.807) is 0 Å². The van der Waals surface area contributed by atoms with Crippen LogP contribution in [0.15, 0.2) is 36.5 Å². The number of hydrogen-bond donors (Lipinski definition) is 1. The third kappa shape index (κ3) is 3.46. The molecule has 1 aliphatic heterocycles. The van der Waals surface area contributed by atoms with E-state index < -0.39 is 0 Å². The van der Waals surface area contributed by atoms with E-state index in [4.69, 9.17) is 4.74 Å². The molecule has 1 fully saturated rings. The molecular weight excluding hydrogens is 250 g/mol. The first kappa shape index (κ1) is 13.3. The van der Waals surface area contributed by atoms with Gasteiger partial charge in [0.05, 0.1) is 12.1 Å². The van der Waals surface area contributed by atoms with Crippen molar-refractivity contribution in [2.75, 3.05) is 39.3 Å². The number of ether oxygens (including phenoxy) is 1. The number of benzene rings is 1. The summed E-state index contributed by atoms with van der Waals surface area (Å²) >= 11 is 0. The molecule has 1 aromatic carbocycles. The molecule has 0 unspecified atom stereocenters. The van der Waals surface area contributed by atoms with Crippen molar-refractivity contribution in [2.45, 2.75) is 6.42 Å². The van der Waals surface area contributed by atoms with Crippen molar-refractivity contribution in [1.29, 1.82) is 0 Å². The molecule has 0 spiro atoms. The first-order valence-corrected chi connectivity index (χ1v) is 7.32. The largest absolute Gasteiger partial charge is 0.493 e. The summed E-state index contributed by atoms with van der Waals surface area (Å²) in [7, 11) is 0. The number of piperazine rings is 1. The Morgan fingerprint density at radius 1 is 1.20 bits per heavy atom. The Hall–Kier alpha value is -1.65. The summed E-state index contributed by atoms with van der Waals surface area (Å²) in [6.45, 7) is 6.41. The summed E-state index contributed by atoms with van der Waals surface area (Å²) < 4.78 is 5.82. The van der Waals surface area contributed by atoms with Crippen molar-refractivity contribution in [3.63, 3.8) is 0 Å². The Bertz CT molecular complexity index is 552. The van der Waals surface area contributed by atoms with E-state index in [1.165, 1.54) is 0 Å². The van der Waals surface area contributed by atoms with Gasteiger partial charge >= 0.3 is 0 Å². The standard InChI is InChI=1S/C16H21N3O/c1-3-14-4-5-15(13-16(14)18-6-1)20-12-2-9-19-10-7-17-8-11-19/h1,3-6,13,17H,2,7-12H2. The molecule has 1 N–H and O–H groups in total. The Morgan fingerprint density at radius 3 is 3.00 bits per heavy atom. The molecule has 1 aromatic heterocycles. The second-order valence-corrected chi connectivity index (χ2v) is 5.15. The smallest absolute Gasteiger partial charge is 0.121 e. The average molecular weight is 271 g/mol. The van der Waals surface area contributed by atoms with Crippen molar-refractivity contribution >= 4 is 10.9 Å². The van der Waals surface area contributed by atoms with Crippen LogP contribution in [0.4, 0.5) is 0 Å². The summed E-state index contributed by atoms with van der Waals surface area (Å²) in [5, 5.41) is 4.52. The number of pyridine rings is 1. The number of fused-ring (bicyclic) bond motifs is 1. The van der Waals surface area contributed by atoms with E-state index in [9.17, 15) is 0 Å². The molecule has 0 atom stereocenters. The third-order valence-corrected chi connectivity index (χ3v) is 3.67. The van der Waals surface area contributed by atoms with Gasteiger partial charge in [-0.05, 0) is 24.6 Å². The van der Waals surface area contributed by atoms with E-state index in [2.05, 4.69) is 27.3 Å². The molecule has 20 heavy (non-hydrogen) atoms. The maximum atomic E-state index is 5.82. The first-order chi connectivity index (χ1) is 9.92. The van der Waals surface area contributed by atoms with Crippen LogP contribution in [-0.4, -0.2) is 49.2 Å². The zero-order valence-corrected chi connectivity index (χ0v) is 11.7. The molecular formula is C16H21N3O. The van der Waals surface area contributed by atoms with Gasteiger partial charge in [0.1, 0.15) is 5.75 Å². The predicted molar refractivity (Wildman–Crippen MR) is 81.2 cm³/mol. The highest BCUT2D eigenvalue weighted by atomic mass is 16.5. The van der Waals surface area contributed by atoms with Gasteiger partial charge in [0, 0.05) is 50.4 Å². The van der Waals surface area contributed by atoms with Crippen LogP contribution in [0.2, 0.25) is 0 Å². The average Bonchev–Trinajstić information content (AvgIpc) is 2.52. The Morgan fingerprint density at radius 2 is 2.10 bits per heavy atom. The molecule has 2 heterocycles. The maximum Gasteiger partial charge on any atom is 0.121 e. The molecule has 0 radical (unpaired) electrons. The minimum Gasteiger partial charge on any atom is -0.493 e. The molecule has 1 saturated heterocycles. The van der Waals surface area contributed by atoms with Crippen LogP contribution in [0.1, 0.15) is 6.42 Å². The highest BCUT2D eigenvalue weighted by molar-refractivity contribution is 5.79. The van der Waals surface area contributed by atoms with Crippen molar-refractivity contribution in [3.8, 4) is 5.75 Å². The molecule has 1 aliphatic rings. The fraction of sp³-hybridized carbons (Fsp3) is 0.438. The zero-order valence-electron chi connectivity index (χ0n) is 11.7. The van der Waals surface area contributed by atoms with Crippen LogP contribution in [0.3, 0.4) is 0 Å². The van der Waals surface area contributed by atoms with Crippen LogP contribution in [0, 0.1) is 0 Å². The number of hydrogen-bond acceptors (Lipinski definition) is 4. The van der Waals surface area contributed by atoms with E-state index in [-0.39, 0.29) is 0 Å². The van der Waals surface area contributed by atoms with Gasteiger partial charge in [0.15, 0.2) is 0 Å². The fourth-order valence-electron chi connectivity index (χ4n) is 2.55. The van der Waals surface area contributed by atoms with Gasteiger partial charge in [-0.25, -0.2) is 0 Å². The van der Waals surface area contributed by atoms with E-state index >= 15 is 0 Å². The number of nitrogens with zero attached hydrogens (tertiary/aromatic N) is 2. The number of nitrogens with one attached hydrogen (secondary N) is 1. The summed E-state index contributed by atoms with van der Waals surface area (Å²) in [6.07, 6.45) is 2.89.